The van der Waals surface area contributed by atoms with E-state index in [1.165, 1.54) is 24.3 Å². The predicted octanol–water partition coefficient (Wildman–Crippen LogP) is 2.97. The first kappa shape index (κ1) is 13.7. The molecule has 3 aromatic rings. The highest BCUT2D eigenvalue weighted by Crippen LogP contribution is 2.24. The maximum Gasteiger partial charge on any atom is 0.270 e. The van der Waals surface area contributed by atoms with Gasteiger partial charge in [-0.3, -0.25) is 25.3 Å². The Balaban J connectivity index is 1.94. The topological polar surface area (TPSA) is 115 Å². The molecule has 0 atom stereocenters. The number of hydrogen-bond donors (Lipinski definition) is 1. The summed E-state index contributed by atoms with van der Waals surface area (Å²) in [4.78, 5) is 20.6. The molecule has 1 heterocycles. The number of nitrogens with one attached hydrogen (secondary N) is 1. The van der Waals surface area contributed by atoms with Gasteiger partial charge in [-0.1, -0.05) is 12.1 Å². The van der Waals surface area contributed by atoms with Crippen molar-refractivity contribution >= 4 is 22.3 Å². The minimum Gasteiger partial charge on any atom is -0.281 e. The minimum absolute atomic E-state index is 0.00107. The monoisotopic (exact) mass is 298 g/mol. The largest absolute Gasteiger partial charge is 0.281 e. The zero-order valence-corrected chi connectivity index (χ0v) is 11.2. The molecule has 0 bridgehead atoms. The number of hydrogen-bond acceptors (Lipinski definition) is 5. The molecule has 0 saturated heterocycles. The van der Waals surface area contributed by atoms with Crippen LogP contribution in [0.4, 0.5) is 11.4 Å². The van der Waals surface area contributed by atoms with E-state index in [2.05, 4.69) is 10.2 Å². The van der Waals surface area contributed by atoms with Crippen LogP contribution in [-0.2, 0) is 6.42 Å². The van der Waals surface area contributed by atoms with Gasteiger partial charge in [-0.2, -0.15) is 5.10 Å². The van der Waals surface area contributed by atoms with Gasteiger partial charge in [0.05, 0.1) is 15.4 Å². The molecule has 0 amide bonds. The maximum atomic E-state index is 10.8. The summed E-state index contributed by atoms with van der Waals surface area (Å²) < 4.78 is 0. The molecule has 0 unspecified atom stereocenters. The predicted molar refractivity (Wildman–Crippen MR) is 78.7 cm³/mol. The second-order valence-electron chi connectivity index (χ2n) is 4.76. The van der Waals surface area contributed by atoms with E-state index in [-0.39, 0.29) is 11.4 Å². The molecule has 110 valence electrons. The summed E-state index contributed by atoms with van der Waals surface area (Å²) in [5.41, 5.74) is 2.24. The highest BCUT2D eigenvalue weighted by Gasteiger charge is 2.12. The van der Waals surface area contributed by atoms with Crippen LogP contribution in [0.15, 0.2) is 42.5 Å². The lowest BCUT2D eigenvalue weighted by Crippen LogP contribution is -1.92. The van der Waals surface area contributed by atoms with Gasteiger partial charge in [0.15, 0.2) is 0 Å². The molecule has 8 nitrogen and oxygen atoms in total. The smallest absolute Gasteiger partial charge is 0.270 e. The van der Waals surface area contributed by atoms with Crippen LogP contribution in [0.1, 0.15) is 11.3 Å². The van der Waals surface area contributed by atoms with Crippen LogP contribution in [0, 0.1) is 20.2 Å². The number of nitro groups is 2. The highest BCUT2D eigenvalue weighted by molar-refractivity contribution is 5.83. The van der Waals surface area contributed by atoms with Crippen LogP contribution in [0.3, 0.4) is 0 Å². The Morgan fingerprint density at radius 2 is 1.59 bits per heavy atom. The molecule has 2 aromatic carbocycles. The summed E-state index contributed by atoms with van der Waals surface area (Å²) in [5.74, 6) is 0. The van der Waals surface area contributed by atoms with E-state index in [0.29, 0.717) is 17.3 Å². The lowest BCUT2D eigenvalue weighted by atomic mass is 10.1. The van der Waals surface area contributed by atoms with Crippen LogP contribution < -0.4 is 0 Å². The number of nitrogens with zero attached hydrogens (tertiary/aromatic N) is 3. The number of H-pyrrole nitrogens is 1. The molecule has 22 heavy (non-hydrogen) atoms. The number of nitro benzene ring substituents is 2. The summed E-state index contributed by atoms with van der Waals surface area (Å²) in [7, 11) is 0. The molecule has 3 rings (SSSR count). The number of fused-ring (bicyclic) bond motifs is 1. The van der Waals surface area contributed by atoms with Gasteiger partial charge >= 0.3 is 0 Å². The summed E-state index contributed by atoms with van der Waals surface area (Å²) in [6.45, 7) is 0. The van der Waals surface area contributed by atoms with Crippen LogP contribution in [0.2, 0.25) is 0 Å². The molecule has 0 radical (unpaired) electrons. The number of benzene rings is 2. The van der Waals surface area contributed by atoms with Crippen molar-refractivity contribution in [3.63, 3.8) is 0 Å². The van der Waals surface area contributed by atoms with Crippen molar-refractivity contribution < 1.29 is 9.85 Å². The fourth-order valence-electron chi connectivity index (χ4n) is 2.24. The van der Waals surface area contributed by atoms with Gasteiger partial charge in [0.25, 0.3) is 11.4 Å². The molecule has 8 heteroatoms. The summed E-state index contributed by atoms with van der Waals surface area (Å²) in [6.07, 6.45) is 0.454. The van der Waals surface area contributed by atoms with E-state index in [4.69, 9.17) is 0 Å². The molecule has 0 aliphatic carbocycles. The van der Waals surface area contributed by atoms with E-state index in [9.17, 15) is 20.2 Å². The van der Waals surface area contributed by atoms with Crippen molar-refractivity contribution in [3.8, 4) is 0 Å². The first-order valence-corrected chi connectivity index (χ1v) is 6.39. The molecule has 0 aliphatic rings. The normalized spacial score (nSPS) is 10.7. The molecule has 0 fully saturated rings. The van der Waals surface area contributed by atoms with Gasteiger partial charge in [0.1, 0.15) is 0 Å². The van der Waals surface area contributed by atoms with E-state index in [1.807, 2.05) is 0 Å². The van der Waals surface area contributed by atoms with Gasteiger partial charge < -0.3 is 0 Å². The van der Waals surface area contributed by atoms with E-state index in [0.717, 1.165) is 11.3 Å². The van der Waals surface area contributed by atoms with Crippen LogP contribution >= 0.6 is 0 Å². The third kappa shape index (κ3) is 2.49. The first-order valence-electron chi connectivity index (χ1n) is 6.39. The lowest BCUT2D eigenvalue weighted by Gasteiger charge is -2.00. The van der Waals surface area contributed by atoms with E-state index in [1.54, 1.807) is 18.2 Å². The second-order valence-corrected chi connectivity index (χ2v) is 4.76. The highest BCUT2D eigenvalue weighted by atomic mass is 16.6. The van der Waals surface area contributed by atoms with E-state index >= 15 is 0 Å². The zero-order valence-electron chi connectivity index (χ0n) is 11.2. The molecule has 0 spiro atoms. The van der Waals surface area contributed by atoms with Crippen LogP contribution in [0.25, 0.3) is 10.9 Å². The van der Waals surface area contributed by atoms with Gasteiger partial charge in [0.2, 0.25) is 0 Å². The Morgan fingerprint density at radius 3 is 2.23 bits per heavy atom. The SMILES string of the molecule is O=[N+]([O-])c1ccc(Cc2[nH]nc3ccc([N+](=O)[O-])cc23)cc1. The van der Waals surface area contributed by atoms with Crippen molar-refractivity contribution in [1.29, 1.82) is 0 Å². The fraction of sp³-hybridized carbons (Fsp3) is 0.0714. The van der Waals surface area contributed by atoms with Crippen LogP contribution in [0.5, 0.6) is 0 Å². The van der Waals surface area contributed by atoms with Crippen molar-refractivity contribution in [2.45, 2.75) is 6.42 Å². The Labute approximate surface area is 123 Å². The van der Waals surface area contributed by atoms with Crippen molar-refractivity contribution in [2.24, 2.45) is 0 Å². The number of non-ortho nitro benzene ring substituents is 2. The Bertz CT molecular complexity index is 870. The molecule has 0 aliphatic heterocycles. The van der Waals surface area contributed by atoms with Crippen molar-refractivity contribution in [3.05, 3.63) is 74.0 Å². The lowest BCUT2D eigenvalue weighted by molar-refractivity contribution is -0.385. The van der Waals surface area contributed by atoms with Crippen molar-refractivity contribution in [1.82, 2.24) is 10.2 Å². The third-order valence-corrected chi connectivity index (χ3v) is 3.36. The second kappa shape index (κ2) is 5.24. The average Bonchev–Trinajstić information content (AvgIpc) is 2.90. The van der Waals surface area contributed by atoms with Gasteiger partial charge in [-0.25, -0.2) is 0 Å². The number of aromatic nitrogens is 2. The fourth-order valence-corrected chi connectivity index (χ4v) is 2.24. The molecular weight excluding hydrogens is 288 g/mol. The van der Waals surface area contributed by atoms with Gasteiger partial charge in [0, 0.05) is 41.8 Å². The van der Waals surface area contributed by atoms with Gasteiger partial charge in [-0.15, -0.1) is 0 Å². The molecule has 0 saturated carbocycles. The Hall–Kier alpha value is -3.29. The zero-order chi connectivity index (χ0) is 15.7. The summed E-state index contributed by atoms with van der Waals surface area (Å²) >= 11 is 0. The quantitative estimate of drug-likeness (QED) is 0.587. The molecular formula is C14H10N4O4. The average molecular weight is 298 g/mol. The number of aromatic amines is 1. The van der Waals surface area contributed by atoms with Crippen LogP contribution in [-0.4, -0.2) is 20.0 Å². The Kier molecular flexibility index (Phi) is 3.26. The number of rotatable bonds is 4. The summed E-state index contributed by atoms with van der Waals surface area (Å²) in [5, 5.41) is 29.1. The van der Waals surface area contributed by atoms with Gasteiger partial charge in [-0.05, 0) is 11.6 Å². The minimum atomic E-state index is -0.460. The third-order valence-electron chi connectivity index (χ3n) is 3.36. The molecule has 1 aromatic heterocycles. The van der Waals surface area contributed by atoms with Crippen molar-refractivity contribution in [2.75, 3.05) is 0 Å². The Morgan fingerprint density at radius 1 is 0.955 bits per heavy atom. The standard InChI is InChI=1S/C14H10N4O4/c19-17(20)10-3-1-9(2-4-10)7-14-12-8-11(18(21)22)5-6-13(12)15-16-14/h1-6,8H,7H2,(H,15,16). The van der Waals surface area contributed by atoms with E-state index < -0.39 is 9.85 Å². The maximum absolute atomic E-state index is 10.8. The molecule has 1 N–H and O–H groups in total. The first-order chi connectivity index (χ1) is 10.5. The summed E-state index contributed by atoms with van der Waals surface area (Å²) in [6, 6.07) is 10.6.